The molecule has 0 saturated heterocycles. The van der Waals surface area contributed by atoms with E-state index in [-0.39, 0.29) is 11.2 Å². The first-order valence-electron chi connectivity index (χ1n) is 9.06. The number of nitrogens with two attached hydrogens (primary N) is 1. The average molecular weight is 410 g/mol. The Balaban J connectivity index is 1.99. The third kappa shape index (κ3) is 3.03. The van der Waals surface area contributed by atoms with Gasteiger partial charge in [0.1, 0.15) is 5.82 Å². The molecule has 2 heterocycles. The molecule has 6 heteroatoms. The second kappa shape index (κ2) is 6.80. The summed E-state index contributed by atoms with van der Waals surface area (Å²) in [5.41, 5.74) is 10.1. The molecule has 1 aromatic heterocycles. The van der Waals surface area contributed by atoms with Crippen LogP contribution in [0.25, 0.3) is 0 Å². The topological polar surface area (TPSA) is 70.1 Å². The zero-order chi connectivity index (χ0) is 20.1. The van der Waals surface area contributed by atoms with Gasteiger partial charge < -0.3 is 5.73 Å². The van der Waals surface area contributed by atoms with Crippen molar-refractivity contribution in [3.05, 3.63) is 74.3 Å². The van der Waals surface area contributed by atoms with Gasteiger partial charge in [-0.15, -0.1) is 0 Å². The van der Waals surface area contributed by atoms with E-state index in [9.17, 15) is 10.1 Å². The van der Waals surface area contributed by atoms with Gasteiger partial charge in [0.2, 0.25) is 0 Å². The number of carbonyl (C=O) groups excluding carboxylic acids is 1. The van der Waals surface area contributed by atoms with E-state index in [0.29, 0.717) is 34.8 Å². The Hall–Kier alpha value is -2.55. The lowest BCUT2D eigenvalue weighted by atomic mass is 9.69. The molecule has 1 aliphatic heterocycles. The van der Waals surface area contributed by atoms with Gasteiger partial charge in [0, 0.05) is 28.4 Å². The van der Waals surface area contributed by atoms with E-state index < -0.39 is 5.92 Å². The molecule has 142 valence electrons. The van der Waals surface area contributed by atoms with E-state index in [2.05, 4.69) is 19.9 Å². The number of allylic oxidation sites excluding steroid dienone is 3. The number of Topliss-reactive ketones (excluding diaryl/α,β-unsaturated/α-hetero) is 1. The lowest BCUT2D eigenvalue weighted by Crippen LogP contribution is -2.42. The summed E-state index contributed by atoms with van der Waals surface area (Å²) in [5.74, 6) is 0.0605. The number of nitrogens with zero attached hydrogens (tertiary/aromatic N) is 2. The van der Waals surface area contributed by atoms with E-state index >= 15 is 0 Å². The number of carbonyl (C=O) groups is 1. The Morgan fingerprint density at radius 2 is 1.96 bits per heavy atom. The normalized spacial score (nSPS) is 21.6. The average Bonchev–Trinajstić information content (AvgIpc) is 3.15. The number of thiophene rings is 1. The van der Waals surface area contributed by atoms with Gasteiger partial charge in [0.05, 0.1) is 17.6 Å². The van der Waals surface area contributed by atoms with Crippen LogP contribution in [0.3, 0.4) is 0 Å². The SMILES string of the molecule is CC1(C)CC(=O)C2=C(C1)N(c1ccc(Cl)cc1)C(N)=C(C#N)[C@H]2c1ccsc1. The zero-order valence-corrected chi connectivity index (χ0v) is 17.3. The minimum absolute atomic E-state index is 0.0849. The minimum atomic E-state index is -0.404. The highest BCUT2D eigenvalue weighted by Gasteiger charge is 2.44. The van der Waals surface area contributed by atoms with E-state index in [4.69, 9.17) is 17.3 Å². The summed E-state index contributed by atoms with van der Waals surface area (Å²) in [7, 11) is 0. The van der Waals surface area contributed by atoms with Crippen molar-refractivity contribution in [2.45, 2.75) is 32.6 Å². The molecule has 4 nitrogen and oxygen atoms in total. The van der Waals surface area contributed by atoms with Crippen molar-refractivity contribution >= 4 is 34.4 Å². The summed E-state index contributed by atoms with van der Waals surface area (Å²) >= 11 is 7.61. The van der Waals surface area contributed by atoms with Gasteiger partial charge in [0.15, 0.2) is 5.78 Å². The van der Waals surface area contributed by atoms with Crippen LogP contribution in [0.5, 0.6) is 0 Å². The summed E-state index contributed by atoms with van der Waals surface area (Å²) in [6.07, 6.45) is 1.16. The Bertz CT molecular complexity index is 1040. The fourth-order valence-electron chi connectivity index (χ4n) is 4.17. The molecule has 0 radical (unpaired) electrons. The Labute approximate surface area is 173 Å². The Morgan fingerprint density at radius 3 is 2.57 bits per heavy atom. The van der Waals surface area contributed by atoms with Crippen LogP contribution in [0.15, 0.2) is 63.8 Å². The van der Waals surface area contributed by atoms with Crippen LogP contribution in [-0.2, 0) is 4.79 Å². The molecule has 2 aliphatic rings. The van der Waals surface area contributed by atoms with Crippen molar-refractivity contribution < 1.29 is 4.79 Å². The van der Waals surface area contributed by atoms with Crippen LogP contribution in [0.1, 0.15) is 38.2 Å². The molecule has 0 amide bonds. The molecule has 1 aromatic carbocycles. The molecule has 2 aromatic rings. The molecule has 2 N–H and O–H groups in total. The second-order valence-corrected chi connectivity index (χ2v) is 9.23. The number of nitriles is 1. The molecular weight excluding hydrogens is 390 g/mol. The van der Waals surface area contributed by atoms with Crippen LogP contribution < -0.4 is 10.6 Å². The standard InChI is InChI=1S/C22H20ClN3OS/c1-22(2)9-17-20(18(27)10-22)19(13-7-8-28-12-13)16(11-24)21(25)26(17)15-5-3-14(23)4-6-15/h3-8,12,19H,9-10,25H2,1-2H3/t19-/m1/s1. The molecule has 1 aliphatic carbocycles. The van der Waals surface area contributed by atoms with Gasteiger partial charge in [-0.3, -0.25) is 9.69 Å². The highest BCUT2D eigenvalue weighted by atomic mass is 35.5. The van der Waals surface area contributed by atoms with Crippen molar-refractivity contribution in [3.63, 3.8) is 0 Å². The molecule has 4 rings (SSSR count). The summed E-state index contributed by atoms with van der Waals surface area (Å²) < 4.78 is 0. The fourth-order valence-corrected chi connectivity index (χ4v) is 4.98. The summed E-state index contributed by atoms with van der Waals surface area (Å²) in [4.78, 5) is 15.1. The number of rotatable bonds is 2. The number of hydrogen-bond acceptors (Lipinski definition) is 5. The van der Waals surface area contributed by atoms with Crippen LogP contribution in [-0.4, -0.2) is 5.78 Å². The van der Waals surface area contributed by atoms with E-state index in [0.717, 1.165) is 16.9 Å². The van der Waals surface area contributed by atoms with E-state index in [1.54, 1.807) is 23.5 Å². The third-order valence-electron chi connectivity index (χ3n) is 5.34. The maximum atomic E-state index is 13.3. The van der Waals surface area contributed by atoms with E-state index in [1.165, 1.54) is 0 Å². The first-order valence-corrected chi connectivity index (χ1v) is 10.4. The predicted molar refractivity (Wildman–Crippen MR) is 113 cm³/mol. The predicted octanol–water partition coefficient (Wildman–Crippen LogP) is 5.34. The maximum absolute atomic E-state index is 13.3. The number of anilines is 1. The molecule has 0 bridgehead atoms. The van der Waals surface area contributed by atoms with Crippen LogP contribution in [0.4, 0.5) is 5.69 Å². The number of benzene rings is 1. The highest BCUT2D eigenvalue weighted by molar-refractivity contribution is 7.08. The molecular formula is C22H20ClN3OS. The number of halogens is 1. The van der Waals surface area contributed by atoms with Crippen molar-refractivity contribution in [1.82, 2.24) is 0 Å². The van der Waals surface area contributed by atoms with E-state index in [1.807, 2.05) is 33.9 Å². The maximum Gasteiger partial charge on any atom is 0.162 e. The number of ketones is 1. The van der Waals surface area contributed by atoms with Gasteiger partial charge in [0.25, 0.3) is 0 Å². The fraction of sp³-hybridized carbons (Fsp3) is 0.273. The summed E-state index contributed by atoms with van der Waals surface area (Å²) in [5, 5.41) is 14.5. The first-order chi connectivity index (χ1) is 13.3. The van der Waals surface area contributed by atoms with Crippen molar-refractivity contribution in [3.8, 4) is 6.07 Å². The van der Waals surface area contributed by atoms with Crippen LogP contribution in [0.2, 0.25) is 5.02 Å². The van der Waals surface area contributed by atoms with Crippen LogP contribution in [0, 0.1) is 16.7 Å². The van der Waals surface area contributed by atoms with Gasteiger partial charge in [-0.25, -0.2) is 0 Å². The minimum Gasteiger partial charge on any atom is -0.384 e. The largest absolute Gasteiger partial charge is 0.384 e. The van der Waals surface area contributed by atoms with Gasteiger partial charge in [-0.1, -0.05) is 25.4 Å². The monoisotopic (exact) mass is 409 g/mol. The molecule has 0 saturated carbocycles. The second-order valence-electron chi connectivity index (χ2n) is 8.01. The summed E-state index contributed by atoms with van der Waals surface area (Å²) in [6, 6.07) is 11.6. The lowest BCUT2D eigenvalue weighted by Gasteiger charge is -2.43. The highest BCUT2D eigenvalue weighted by Crippen LogP contribution is 2.50. The molecule has 0 spiro atoms. The summed E-state index contributed by atoms with van der Waals surface area (Å²) in [6.45, 7) is 4.18. The van der Waals surface area contributed by atoms with Crippen molar-refractivity contribution in [2.24, 2.45) is 11.1 Å². The molecule has 28 heavy (non-hydrogen) atoms. The smallest absolute Gasteiger partial charge is 0.162 e. The van der Waals surface area contributed by atoms with Crippen LogP contribution >= 0.6 is 22.9 Å². The lowest BCUT2D eigenvalue weighted by molar-refractivity contribution is -0.118. The first kappa shape index (κ1) is 18.8. The number of hydrogen-bond donors (Lipinski definition) is 1. The van der Waals surface area contributed by atoms with Gasteiger partial charge >= 0.3 is 0 Å². The van der Waals surface area contributed by atoms with Crippen molar-refractivity contribution in [1.29, 1.82) is 5.26 Å². The van der Waals surface area contributed by atoms with Gasteiger partial charge in [-0.2, -0.15) is 16.6 Å². The zero-order valence-electron chi connectivity index (χ0n) is 15.7. The quantitative estimate of drug-likeness (QED) is 0.726. The molecule has 0 fully saturated rings. The Kier molecular flexibility index (Phi) is 4.57. The third-order valence-corrected chi connectivity index (χ3v) is 6.30. The Morgan fingerprint density at radius 1 is 1.25 bits per heavy atom. The van der Waals surface area contributed by atoms with Crippen molar-refractivity contribution in [2.75, 3.05) is 4.90 Å². The van der Waals surface area contributed by atoms with Gasteiger partial charge in [-0.05, 0) is 58.5 Å². The molecule has 0 unspecified atom stereocenters. The molecule has 1 atom stereocenters.